The molecule has 0 spiro atoms. The van der Waals surface area contributed by atoms with E-state index in [4.69, 9.17) is 11.6 Å². The number of halogens is 1. The van der Waals surface area contributed by atoms with Crippen LogP contribution in [-0.2, 0) is 21.2 Å². The van der Waals surface area contributed by atoms with Crippen molar-refractivity contribution >= 4 is 45.0 Å². The molecule has 0 saturated heterocycles. The van der Waals surface area contributed by atoms with Crippen LogP contribution in [0.15, 0.2) is 96.2 Å². The Morgan fingerprint density at radius 3 is 2.26 bits per heavy atom. The van der Waals surface area contributed by atoms with E-state index >= 15 is 0 Å². The van der Waals surface area contributed by atoms with Gasteiger partial charge < -0.3 is 15.7 Å². The summed E-state index contributed by atoms with van der Waals surface area (Å²) in [6, 6.07) is 20.1. The molecule has 200 valence electrons. The minimum Gasteiger partial charge on any atom is -0.480 e. The lowest BCUT2D eigenvalue weighted by Crippen LogP contribution is -2.42. The second-order valence-corrected chi connectivity index (χ2v) is 10.8. The lowest BCUT2D eigenvalue weighted by atomic mass is 9.99. The summed E-state index contributed by atoms with van der Waals surface area (Å²) in [5, 5.41) is 15.3. The zero-order valence-electron chi connectivity index (χ0n) is 20.8. The Morgan fingerprint density at radius 2 is 1.59 bits per heavy atom. The zero-order chi connectivity index (χ0) is 28.0. The zero-order valence-corrected chi connectivity index (χ0v) is 22.3. The number of nitrogens with zero attached hydrogens (tertiary/aromatic N) is 1. The predicted octanol–water partition coefficient (Wildman–Crippen LogP) is 5.33. The molecule has 4 aromatic rings. The van der Waals surface area contributed by atoms with E-state index in [0.717, 1.165) is 16.7 Å². The van der Waals surface area contributed by atoms with Crippen molar-refractivity contribution < 1.29 is 23.1 Å². The second-order valence-electron chi connectivity index (χ2n) is 8.69. The maximum Gasteiger partial charge on any atom is 0.323 e. The van der Waals surface area contributed by atoms with Crippen LogP contribution in [0.2, 0.25) is 5.02 Å². The number of rotatable bonds is 9. The Balaban J connectivity index is 1.47. The molecule has 1 aromatic heterocycles. The third-order valence-corrected chi connectivity index (χ3v) is 7.84. The number of pyridine rings is 1. The first-order chi connectivity index (χ1) is 18.6. The van der Waals surface area contributed by atoms with Crippen molar-refractivity contribution in [1.29, 1.82) is 0 Å². The fraction of sp³-hybridized carbons (Fsp3) is 0.107. The van der Waals surface area contributed by atoms with Gasteiger partial charge in [0.1, 0.15) is 10.9 Å². The summed E-state index contributed by atoms with van der Waals surface area (Å²) >= 11 is 6.00. The molecule has 0 aliphatic carbocycles. The van der Waals surface area contributed by atoms with E-state index in [9.17, 15) is 23.1 Å². The maximum absolute atomic E-state index is 12.7. The van der Waals surface area contributed by atoms with E-state index < -0.39 is 28.1 Å². The molecule has 0 aliphatic heterocycles. The Labute approximate surface area is 230 Å². The summed E-state index contributed by atoms with van der Waals surface area (Å²) in [5.41, 5.74) is 4.40. The molecule has 1 atom stereocenters. The normalized spacial score (nSPS) is 11.9. The number of aliphatic carboxylic acids is 1. The first-order valence-electron chi connectivity index (χ1n) is 11.8. The topological polar surface area (TPSA) is 137 Å². The van der Waals surface area contributed by atoms with E-state index in [0.29, 0.717) is 16.9 Å². The van der Waals surface area contributed by atoms with E-state index in [-0.39, 0.29) is 16.3 Å². The summed E-state index contributed by atoms with van der Waals surface area (Å²) in [5.74, 6) is -1.31. The van der Waals surface area contributed by atoms with Gasteiger partial charge in [0.2, 0.25) is 10.0 Å². The number of carbonyl (C=O) groups is 2. The molecule has 0 unspecified atom stereocenters. The van der Waals surface area contributed by atoms with Crippen molar-refractivity contribution in [2.24, 2.45) is 0 Å². The number of hydrogen-bond acceptors (Lipinski definition) is 5. The predicted molar refractivity (Wildman–Crippen MR) is 150 cm³/mol. The van der Waals surface area contributed by atoms with Crippen molar-refractivity contribution in [3.05, 3.63) is 107 Å². The van der Waals surface area contributed by atoms with E-state index in [1.807, 2.05) is 37.3 Å². The van der Waals surface area contributed by atoms with Gasteiger partial charge in [0.15, 0.2) is 0 Å². The smallest absolute Gasteiger partial charge is 0.323 e. The van der Waals surface area contributed by atoms with Crippen LogP contribution in [0.1, 0.15) is 11.1 Å². The average molecular weight is 565 g/mol. The Morgan fingerprint density at radius 1 is 0.923 bits per heavy atom. The molecule has 2 amide bonds. The molecule has 1 heterocycles. The number of amides is 2. The highest BCUT2D eigenvalue weighted by atomic mass is 35.5. The maximum atomic E-state index is 12.7. The number of carboxylic acids is 1. The molecule has 0 fully saturated rings. The van der Waals surface area contributed by atoms with E-state index in [1.165, 1.54) is 18.2 Å². The number of benzene rings is 3. The van der Waals surface area contributed by atoms with Gasteiger partial charge in [-0.1, -0.05) is 60.1 Å². The van der Waals surface area contributed by atoms with Crippen LogP contribution in [0.3, 0.4) is 0 Å². The highest BCUT2D eigenvalue weighted by Crippen LogP contribution is 2.27. The number of nitrogens with one attached hydrogen (secondary N) is 3. The van der Waals surface area contributed by atoms with Crippen LogP contribution in [0, 0.1) is 6.92 Å². The minimum atomic E-state index is -4.15. The lowest BCUT2D eigenvalue weighted by Gasteiger charge is -2.16. The summed E-state index contributed by atoms with van der Waals surface area (Å²) in [6.45, 7) is 1.88. The Bertz CT molecular complexity index is 1600. The molecule has 3 aromatic carbocycles. The molecule has 4 N–H and O–H groups in total. The van der Waals surface area contributed by atoms with Crippen LogP contribution in [0.4, 0.5) is 16.2 Å². The van der Waals surface area contributed by atoms with E-state index in [1.54, 1.807) is 42.7 Å². The molecule has 0 saturated carbocycles. The summed E-state index contributed by atoms with van der Waals surface area (Å²) in [6.07, 6.45) is 3.09. The molecule has 39 heavy (non-hydrogen) atoms. The fourth-order valence-electron chi connectivity index (χ4n) is 3.82. The van der Waals surface area contributed by atoms with E-state index in [2.05, 4.69) is 20.3 Å². The van der Waals surface area contributed by atoms with Crippen molar-refractivity contribution in [3.8, 4) is 11.1 Å². The van der Waals surface area contributed by atoms with Crippen LogP contribution in [0.25, 0.3) is 11.1 Å². The number of carboxylic acid groups (broad SMARTS) is 1. The standard InChI is InChI=1S/C28H25ClN4O5S/c1-18-6-9-21(17-24(18)32-28(36)31-22-12-14-30-15-13-22)20-10-7-19(8-11-20)16-25(27(34)35)33-39(37,38)26-5-3-2-4-23(26)29/h2-15,17,25,33H,16H2,1H3,(H,34,35)(H2,30,31,32,36)/t25-/m0/s1. The largest absolute Gasteiger partial charge is 0.480 e. The molecular weight excluding hydrogens is 540 g/mol. The molecular formula is C28H25ClN4O5S. The summed E-state index contributed by atoms with van der Waals surface area (Å²) in [4.78, 5) is 28.0. The van der Waals surface area contributed by atoms with Crippen molar-refractivity contribution in [1.82, 2.24) is 9.71 Å². The minimum absolute atomic E-state index is 0.000274. The number of hydrogen-bond donors (Lipinski definition) is 4. The van der Waals surface area contributed by atoms with Gasteiger partial charge in [-0.25, -0.2) is 13.2 Å². The van der Waals surface area contributed by atoms with Gasteiger partial charge in [-0.2, -0.15) is 4.72 Å². The van der Waals surface area contributed by atoms with Crippen LogP contribution in [-0.4, -0.2) is 36.6 Å². The summed E-state index contributed by atoms with van der Waals surface area (Å²) in [7, 11) is -4.15. The highest BCUT2D eigenvalue weighted by Gasteiger charge is 2.27. The molecule has 11 heteroatoms. The van der Waals surface area contributed by atoms with Gasteiger partial charge in [0.25, 0.3) is 0 Å². The second kappa shape index (κ2) is 12.1. The van der Waals surface area contributed by atoms with Crippen molar-refractivity contribution in [2.75, 3.05) is 10.6 Å². The monoisotopic (exact) mass is 564 g/mol. The van der Waals surface area contributed by atoms with Crippen LogP contribution >= 0.6 is 11.6 Å². The third kappa shape index (κ3) is 7.20. The van der Waals surface area contributed by atoms with Gasteiger partial charge in [-0.3, -0.25) is 9.78 Å². The molecule has 4 rings (SSSR count). The fourth-order valence-corrected chi connectivity index (χ4v) is 5.53. The van der Waals surface area contributed by atoms with Crippen molar-refractivity contribution in [2.45, 2.75) is 24.3 Å². The quantitative estimate of drug-likeness (QED) is 0.217. The molecule has 0 aliphatic rings. The molecule has 9 nitrogen and oxygen atoms in total. The number of sulfonamides is 1. The first-order valence-corrected chi connectivity index (χ1v) is 13.7. The first kappa shape index (κ1) is 27.8. The van der Waals surface area contributed by atoms with Gasteiger partial charge in [0, 0.05) is 23.8 Å². The summed E-state index contributed by atoms with van der Waals surface area (Å²) < 4.78 is 27.7. The number of aromatic nitrogens is 1. The van der Waals surface area contributed by atoms with Gasteiger partial charge >= 0.3 is 12.0 Å². The van der Waals surface area contributed by atoms with Crippen molar-refractivity contribution in [3.63, 3.8) is 0 Å². The Hall–Kier alpha value is -4.25. The number of carbonyl (C=O) groups excluding carboxylic acids is 1. The van der Waals surface area contributed by atoms with Crippen LogP contribution < -0.4 is 15.4 Å². The Kier molecular flexibility index (Phi) is 8.60. The highest BCUT2D eigenvalue weighted by molar-refractivity contribution is 7.89. The average Bonchev–Trinajstić information content (AvgIpc) is 2.90. The lowest BCUT2D eigenvalue weighted by molar-refractivity contribution is -0.138. The number of aryl methyl sites for hydroxylation is 1. The molecule has 0 bridgehead atoms. The van der Waals surface area contributed by atoms with Gasteiger partial charge in [0.05, 0.1) is 5.02 Å². The number of anilines is 2. The van der Waals surface area contributed by atoms with Crippen LogP contribution in [0.5, 0.6) is 0 Å². The number of urea groups is 1. The van der Waals surface area contributed by atoms with Gasteiger partial charge in [-0.05, 0) is 65.9 Å². The SMILES string of the molecule is Cc1ccc(-c2ccc(C[C@H](NS(=O)(=O)c3ccccc3Cl)C(=O)O)cc2)cc1NC(=O)Nc1ccncc1. The third-order valence-electron chi connectivity index (χ3n) is 5.87. The van der Waals surface area contributed by atoms with Gasteiger partial charge in [-0.15, -0.1) is 0 Å². The molecule has 0 radical (unpaired) electrons.